The number of hydrogen-bond donors (Lipinski definition) is 1. The fourth-order valence-corrected chi connectivity index (χ4v) is 3.15. The zero-order chi connectivity index (χ0) is 17.9. The van der Waals surface area contributed by atoms with Crippen molar-refractivity contribution < 1.29 is 13.2 Å². The Morgan fingerprint density at radius 3 is 2.33 bits per heavy atom. The summed E-state index contributed by atoms with van der Waals surface area (Å²) in [6.07, 6.45) is 0. The summed E-state index contributed by atoms with van der Waals surface area (Å²) in [6, 6.07) is 11.7. The molecule has 128 valence electrons. The highest BCUT2D eigenvalue weighted by Crippen LogP contribution is 2.18. The van der Waals surface area contributed by atoms with E-state index in [1.807, 2.05) is 12.1 Å². The maximum Gasteiger partial charge on any atom is 0.251 e. The average molecular weight is 367 g/mol. The molecule has 0 saturated heterocycles. The molecular formula is C17H19ClN2O3S. The van der Waals surface area contributed by atoms with Crippen LogP contribution in [-0.2, 0) is 16.6 Å². The van der Waals surface area contributed by atoms with Crippen molar-refractivity contribution in [3.8, 4) is 0 Å². The quantitative estimate of drug-likeness (QED) is 0.884. The third-order valence-corrected chi connectivity index (χ3v) is 5.66. The van der Waals surface area contributed by atoms with Gasteiger partial charge in [0.15, 0.2) is 0 Å². The number of nitrogens with one attached hydrogen (secondary N) is 1. The van der Waals surface area contributed by atoms with Crippen LogP contribution in [0.25, 0.3) is 0 Å². The van der Waals surface area contributed by atoms with Gasteiger partial charge in [-0.1, -0.05) is 29.8 Å². The number of nitrogens with zero attached hydrogens (tertiary/aromatic N) is 1. The number of amides is 1. The van der Waals surface area contributed by atoms with Crippen LogP contribution in [-0.4, -0.2) is 32.7 Å². The molecule has 2 aromatic carbocycles. The van der Waals surface area contributed by atoms with E-state index >= 15 is 0 Å². The van der Waals surface area contributed by atoms with Gasteiger partial charge in [0.1, 0.15) is 0 Å². The number of rotatable bonds is 5. The molecule has 5 nitrogen and oxygen atoms in total. The van der Waals surface area contributed by atoms with Gasteiger partial charge in [-0.2, -0.15) is 0 Å². The van der Waals surface area contributed by atoms with Gasteiger partial charge in [-0.05, 0) is 42.3 Å². The van der Waals surface area contributed by atoms with E-state index in [9.17, 15) is 13.2 Å². The van der Waals surface area contributed by atoms with E-state index in [4.69, 9.17) is 11.6 Å². The van der Waals surface area contributed by atoms with Gasteiger partial charge in [0, 0.05) is 31.2 Å². The monoisotopic (exact) mass is 366 g/mol. The zero-order valence-corrected chi connectivity index (χ0v) is 15.3. The molecule has 0 radical (unpaired) electrons. The van der Waals surface area contributed by atoms with E-state index in [-0.39, 0.29) is 10.8 Å². The second kappa shape index (κ2) is 7.34. The molecule has 0 aliphatic carbocycles. The standard InChI is InChI=1S/C17H19ClN2O3S/c1-12-4-9-15(24(22,23)20(2)3)10-16(12)17(21)19-11-13-5-7-14(18)8-6-13/h4-10H,11H2,1-3H3,(H,19,21). The summed E-state index contributed by atoms with van der Waals surface area (Å²) < 4.78 is 25.5. The molecule has 7 heteroatoms. The summed E-state index contributed by atoms with van der Waals surface area (Å²) in [5.74, 6) is -0.321. The van der Waals surface area contributed by atoms with E-state index in [2.05, 4.69) is 5.32 Å². The summed E-state index contributed by atoms with van der Waals surface area (Å²) in [6.45, 7) is 2.10. The van der Waals surface area contributed by atoms with Crippen molar-refractivity contribution >= 4 is 27.5 Å². The summed E-state index contributed by atoms with van der Waals surface area (Å²) in [4.78, 5) is 12.5. The number of aryl methyl sites for hydroxylation is 1. The molecule has 24 heavy (non-hydrogen) atoms. The Hall–Kier alpha value is -1.89. The minimum Gasteiger partial charge on any atom is -0.348 e. The van der Waals surface area contributed by atoms with Crippen molar-refractivity contribution in [1.82, 2.24) is 9.62 Å². The predicted molar refractivity (Wildman–Crippen MR) is 94.7 cm³/mol. The van der Waals surface area contributed by atoms with Crippen LogP contribution in [0.5, 0.6) is 0 Å². The third-order valence-electron chi connectivity index (χ3n) is 3.60. The normalized spacial score (nSPS) is 11.5. The van der Waals surface area contributed by atoms with Crippen molar-refractivity contribution in [2.75, 3.05) is 14.1 Å². The Balaban J connectivity index is 2.21. The van der Waals surface area contributed by atoms with Gasteiger partial charge >= 0.3 is 0 Å². The lowest BCUT2D eigenvalue weighted by Gasteiger charge is -2.14. The first-order valence-electron chi connectivity index (χ1n) is 7.27. The molecule has 0 aliphatic heterocycles. The van der Waals surface area contributed by atoms with Crippen LogP contribution >= 0.6 is 11.6 Å². The molecule has 1 N–H and O–H groups in total. The molecule has 2 rings (SSSR count). The van der Waals surface area contributed by atoms with E-state index in [1.165, 1.54) is 26.2 Å². The summed E-state index contributed by atoms with van der Waals surface area (Å²) in [7, 11) is -0.675. The summed E-state index contributed by atoms with van der Waals surface area (Å²) in [5, 5.41) is 3.42. The minimum absolute atomic E-state index is 0.0924. The molecule has 0 atom stereocenters. The van der Waals surface area contributed by atoms with Crippen LogP contribution in [0.1, 0.15) is 21.5 Å². The van der Waals surface area contributed by atoms with Gasteiger partial charge < -0.3 is 5.32 Å². The Kier molecular flexibility index (Phi) is 5.64. The van der Waals surface area contributed by atoms with Gasteiger partial charge in [0.05, 0.1) is 4.90 Å². The smallest absolute Gasteiger partial charge is 0.251 e. The van der Waals surface area contributed by atoms with Crippen LogP contribution in [0.3, 0.4) is 0 Å². The first-order valence-corrected chi connectivity index (χ1v) is 9.09. The largest absolute Gasteiger partial charge is 0.348 e. The average Bonchev–Trinajstić information content (AvgIpc) is 2.54. The molecule has 1 amide bonds. The molecule has 0 heterocycles. The van der Waals surface area contributed by atoms with Gasteiger partial charge in [-0.15, -0.1) is 0 Å². The van der Waals surface area contributed by atoms with Gasteiger partial charge in [0.2, 0.25) is 10.0 Å². The Labute approximate surface area is 147 Å². The van der Waals surface area contributed by atoms with E-state index in [1.54, 1.807) is 25.1 Å². The van der Waals surface area contributed by atoms with Crippen LogP contribution in [0, 0.1) is 6.92 Å². The zero-order valence-electron chi connectivity index (χ0n) is 13.7. The highest BCUT2D eigenvalue weighted by molar-refractivity contribution is 7.89. The molecule has 0 saturated carbocycles. The molecule has 0 bridgehead atoms. The number of sulfonamides is 1. The van der Waals surface area contributed by atoms with Gasteiger partial charge in [0.25, 0.3) is 5.91 Å². The molecule has 0 spiro atoms. The predicted octanol–water partition coefficient (Wildman–Crippen LogP) is 2.83. The lowest BCUT2D eigenvalue weighted by Crippen LogP contribution is -2.25. The van der Waals surface area contributed by atoms with E-state index in [0.29, 0.717) is 22.7 Å². The maximum absolute atomic E-state index is 12.4. The number of benzene rings is 2. The van der Waals surface area contributed by atoms with Crippen LogP contribution in [0.4, 0.5) is 0 Å². The number of carbonyl (C=O) groups excluding carboxylic acids is 1. The molecular weight excluding hydrogens is 348 g/mol. The second-order valence-electron chi connectivity index (χ2n) is 5.57. The lowest BCUT2D eigenvalue weighted by molar-refractivity contribution is 0.0950. The SMILES string of the molecule is Cc1ccc(S(=O)(=O)N(C)C)cc1C(=O)NCc1ccc(Cl)cc1. The van der Waals surface area contributed by atoms with Crippen molar-refractivity contribution in [1.29, 1.82) is 0 Å². The minimum atomic E-state index is -3.58. The summed E-state index contributed by atoms with van der Waals surface area (Å²) in [5.41, 5.74) is 1.95. The highest BCUT2D eigenvalue weighted by Gasteiger charge is 2.20. The van der Waals surface area contributed by atoms with Gasteiger partial charge in [-0.3, -0.25) is 4.79 Å². The first kappa shape index (κ1) is 18.4. The van der Waals surface area contributed by atoms with E-state index in [0.717, 1.165) is 9.87 Å². The summed E-state index contributed by atoms with van der Waals surface area (Å²) >= 11 is 5.83. The van der Waals surface area contributed by atoms with E-state index < -0.39 is 10.0 Å². The number of hydrogen-bond acceptors (Lipinski definition) is 3. The van der Waals surface area contributed by atoms with Crippen molar-refractivity contribution in [2.24, 2.45) is 0 Å². The third kappa shape index (κ3) is 4.14. The van der Waals surface area contributed by atoms with Crippen LogP contribution in [0.15, 0.2) is 47.4 Å². The Morgan fingerprint density at radius 1 is 1.12 bits per heavy atom. The number of carbonyl (C=O) groups is 1. The number of halogens is 1. The van der Waals surface area contributed by atoms with Crippen molar-refractivity contribution in [3.63, 3.8) is 0 Å². The maximum atomic E-state index is 12.4. The fraction of sp³-hybridized carbons (Fsp3) is 0.235. The molecule has 0 fully saturated rings. The topological polar surface area (TPSA) is 66.5 Å². The molecule has 0 aromatic heterocycles. The first-order chi connectivity index (χ1) is 11.2. The van der Waals surface area contributed by atoms with Crippen LogP contribution < -0.4 is 5.32 Å². The second-order valence-corrected chi connectivity index (χ2v) is 8.16. The Bertz CT molecular complexity index is 847. The molecule has 2 aromatic rings. The highest BCUT2D eigenvalue weighted by atomic mass is 35.5. The lowest BCUT2D eigenvalue weighted by atomic mass is 10.1. The van der Waals surface area contributed by atoms with Crippen molar-refractivity contribution in [2.45, 2.75) is 18.4 Å². The molecule has 0 unspecified atom stereocenters. The fourth-order valence-electron chi connectivity index (χ4n) is 2.10. The van der Waals surface area contributed by atoms with Gasteiger partial charge in [-0.25, -0.2) is 12.7 Å². The van der Waals surface area contributed by atoms with Crippen molar-refractivity contribution in [3.05, 3.63) is 64.2 Å². The molecule has 0 aliphatic rings. The Morgan fingerprint density at radius 2 is 1.75 bits per heavy atom. The van der Waals surface area contributed by atoms with Crippen LogP contribution in [0.2, 0.25) is 5.02 Å².